The highest BCUT2D eigenvalue weighted by Gasteiger charge is 2.20. The van der Waals surface area contributed by atoms with Gasteiger partial charge in [0.05, 0.1) is 6.10 Å². The maximum atomic E-state index is 9.79. The molecule has 1 aliphatic heterocycles. The van der Waals surface area contributed by atoms with Gasteiger partial charge in [0.1, 0.15) is 5.82 Å². The minimum absolute atomic E-state index is 0.410. The number of anilines is 2. The number of rotatable bonds is 3. The van der Waals surface area contributed by atoms with Gasteiger partial charge in [0, 0.05) is 18.4 Å². The third-order valence-corrected chi connectivity index (χ3v) is 3.71. The molecule has 98 valence electrons. The van der Waals surface area contributed by atoms with Crippen molar-refractivity contribution < 1.29 is 5.11 Å². The monoisotopic (exact) mass is 254 g/mol. The number of hydrogen-bond acceptors (Lipinski definition) is 3. The van der Waals surface area contributed by atoms with Crippen LogP contribution in [0.25, 0.3) is 0 Å². The fourth-order valence-electron chi connectivity index (χ4n) is 2.57. The SMILES string of the molecule is CC[C@@H](O)c1ccc(N2CCc3ccccc32)nc1. The van der Waals surface area contributed by atoms with Gasteiger partial charge in [-0.15, -0.1) is 0 Å². The van der Waals surface area contributed by atoms with Crippen LogP contribution in [0.15, 0.2) is 42.6 Å². The molecule has 3 heteroatoms. The van der Waals surface area contributed by atoms with Gasteiger partial charge in [0.15, 0.2) is 0 Å². The zero-order chi connectivity index (χ0) is 13.2. The van der Waals surface area contributed by atoms with Crippen LogP contribution in [-0.4, -0.2) is 16.6 Å². The summed E-state index contributed by atoms with van der Waals surface area (Å²) >= 11 is 0. The van der Waals surface area contributed by atoms with Gasteiger partial charge in [-0.25, -0.2) is 4.98 Å². The lowest BCUT2D eigenvalue weighted by Crippen LogP contribution is -2.14. The Kier molecular flexibility index (Phi) is 3.22. The lowest BCUT2D eigenvalue weighted by Gasteiger charge is -2.19. The van der Waals surface area contributed by atoms with E-state index in [2.05, 4.69) is 34.1 Å². The summed E-state index contributed by atoms with van der Waals surface area (Å²) < 4.78 is 0. The molecule has 1 aromatic heterocycles. The molecule has 0 saturated heterocycles. The molecule has 1 aliphatic rings. The predicted molar refractivity (Wildman–Crippen MR) is 76.6 cm³/mol. The van der Waals surface area contributed by atoms with E-state index in [-0.39, 0.29) is 0 Å². The molecular formula is C16H18N2O. The second-order valence-corrected chi connectivity index (χ2v) is 4.90. The molecule has 2 heterocycles. The summed E-state index contributed by atoms with van der Waals surface area (Å²) in [6.07, 6.45) is 3.15. The molecule has 3 rings (SSSR count). The Morgan fingerprint density at radius 3 is 2.84 bits per heavy atom. The van der Waals surface area contributed by atoms with E-state index in [1.165, 1.54) is 11.3 Å². The Hall–Kier alpha value is -1.87. The summed E-state index contributed by atoms with van der Waals surface area (Å²) in [6, 6.07) is 12.4. The van der Waals surface area contributed by atoms with Crippen LogP contribution in [-0.2, 0) is 6.42 Å². The summed E-state index contributed by atoms with van der Waals surface area (Å²) in [5, 5.41) is 9.79. The smallest absolute Gasteiger partial charge is 0.132 e. The summed E-state index contributed by atoms with van der Waals surface area (Å²) in [4.78, 5) is 6.73. The normalized spacial score (nSPS) is 15.4. The number of fused-ring (bicyclic) bond motifs is 1. The fraction of sp³-hybridized carbons (Fsp3) is 0.312. The van der Waals surface area contributed by atoms with Crippen molar-refractivity contribution in [1.29, 1.82) is 0 Å². The first kappa shape index (κ1) is 12.2. The van der Waals surface area contributed by atoms with Crippen LogP contribution in [0.1, 0.15) is 30.6 Å². The molecule has 0 aliphatic carbocycles. The summed E-state index contributed by atoms with van der Waals surface area (Å²) in [6.45, 7) is 2.94. The first-order valence-electron chi connectivity index (χ1n) is 6.79. The van der Waals surface area contributed by atoms with Crippen LogP contribution in [0.4, 0.5) is 11.5 Å². The Morgan fingerprint density at radius 1 is 1.26 bits per heavy atom. The Labute approximate surface area is 113 Å². The second-order valence-electron chi connectivity index (χ2n) is 4.90. The predicted octanol–water partition coefficient (Wildman–Crippen LogP) is 3.22. The Bertz CT molecular complexity index is 565. The van der Waals surface area contributed by atoms with Crippen molar-refractivity contribution in [3.05, 3.63) is 53.7 Å². The van der Waals surface area contributed by atoms with Crippen molar-refractivity contribution in [2.75, 3.05) is 11.4 Å². The zero-order valence-corrected chi connectivity index (χ0v) is 11.1. The van der Waals surface area contributed by atoms with E-state index in [4.69, 9.17) is 0 Å². The van der Waals surface area contributed by atoms with Crippen molar-refractivity contribution in [2.45, 2.75) is 25.9 Å². The van der Waals surface area contributed by atoms with Crippen molar-refractivity contribution in [2.24, 2.45) is 0 Å². The molecule has 0 spiro atoms. The number of nitrogens with zero attached hydrogens (tertiary/aromatic N) is 2. The third kappa shape index (κ3) is 2.22. The standard InChI is InChI=1S/C16H18N2O/c1-2-15(19)13-7-8-16(17-11-13)18-10-9-12-5-3-4-6-14(12)18/h3-8,11,15,19H,2,9-10H2,1H3/t15-/m1/s1. The minimum Gasteiger partial charge on any atom is -0.388 e. The molecule has 3 nitrogen and oxygen atoms in total. The lowest BCUT2D eigenvalue weighted by molar-refractivity contribution is 0.173. The van der Waals surface area contributed by atoms with Crippen molar-refractivity contribution in [3.63, 3.8) is 0 Å². The molecule has 1 N–H and O–H groups in total. The first-order valence-corrected chi connectivity index (χ1v) is 6.79. The quantitative estimate of drug-likeness (QED) is 0.913. The van der Waals surface area contributed by atoms with Crippen molar-refractivity contribution in [3.8, 4) is 0 Å². The molecule has 0 saturated carbocycles. The van der Waals surface area contributed by atoms with E-state index in [1.807, 2.05) is 19.1 Å². The maximum absolute atomic E-state index is 9.79. The Morgan fingerprint density at radius 2 is 2.11 bits per heavy atom. The topological polar surface area (TPSA) is 36.4 Å². The van der Waals surface area contributed by atoms with E-state index < -0.39 is 6.10 Å². The highest BCUT2D eigenvalue weighted by Crippen LogP contribution is 2.33. The van der Waals surface area contributed by atoms with Gasteiger partial charge < -0.3 is 10.0 Å². The number of aromatic nitrogens is 1. The van der Waals surface area contributed by atoms with Crippen molar-refractivity contribution >= 4 is 11.5 Å². The van der Waals surface area contributed by atoms with Crippen LogP contribution < -0.4 is 4.90 Å². The number of hydrogen-bond donors (Lipinski definition) is 1. The lowest BCUT2D eigenvalue weighted by atomic mass is 10.1. The van der Waals surface area contributed by atoms with E-state index in [9.17, 15) is 5.11 Å². The minimum atomic E-state index is -0.410. The van der Waals surface area contributed by atoms with Gasteiger partial charge in [0.25, 0.3) is 0 Å². The van der Waals surface area contributed by atoms with Gasteiger partial charge in [-0.05, 0) is 36.1 Å². The highest BCUT2D eigenvalue weighted by molar-refractivity contribution is 5.67. The number of aliphatic hydroxyl groups is 1. The first-order chi connectivity index (χ1) is 9.29. The zero-order valence-electron chi connectivity index (χ0n) is 11.1. The maximum Gasteiger partial charge on any atom is 0.132 e. The number of pyridine rings is 1. The van der Waals surface area contributed by atoms with Gasteiger partial charge in [-0.1, -0.05) is 31.2 Å². The molecule has 0 radical (unpaired) electrons. The van der Waals surface area contributed by atoms with E-state index in [0.29, 0.717) is 6.42 Å². The van der Waals surface area contributed by atoms with Gasteiger partial charge in [-0.2, -0.15) is 0 Å². The summed E-state index contributed by atoms with van der Waals surface area (Å²) in [5.74, 6) is 0.956. The molecular weight excluding hydrogens is 236 g/mol. The molecule has 0 bridgehead atoms. The Balaban J connectivity index is 1.88. The van der Waals surface area contributed by atoms with Crippen LogP contribution >= 0.6 is 0 Å². The number of aliphatic hydroxyl groups excluding tert-OH is 1. The van der Waals surface area contributed by atoms with Crippen LogP contribution in [0.5, 0.6) is 0 Å². The molecule has 2 aromatic rings. The third-order valence-electron chi connectivity index (χ3n) is 3.71. The fourth-order valence-corrected chi connectivity index (χ4v) is 2.57. The average molecular weight is 254 g/mol. The van der Waals surface area contributed by atoms with Gasteiger partial charge in [0.2, 0.25) is 0 Å². The summed E-state index contributed by atoms with van der Waals surface area (Å²) in [5.41, 5.74) is 3.51. The second kappa shape index (κ2) is 5.02. The largest absolute Gasteiger partial charge is 0.388 e. The average Bonchev–Trinajstić information content (AvgIpc) is 2.90. The molecule has 0 fully saturated rings. The number of benzene rings is 1. The summed E-state index contributed by atoms with van der Waals surface area (Å²) in [7, 11) is 0. The number of para-hydroxylation sites is 1. The van der Waals surface area contributed by atoms with Gasteiger partial charge in [-0.3, -0.25) is 0 Å². The van der Waals surface area contributed by atoms with E-state index in [1.54, 1.807) is 6.20 Å². The van der Waals surface area contributed by atoms with E-state index >= 15 is 0 Å². The molecule has 19 heavy (non-hydrogen) atoms. The van der Waals surface area contributed by atoms with Crippen LogP contribution in [0.2, 0.25) is 0 Å². The van der Waals surface area contributed by atoms with Crippen LogP contribution in [0, 0.1) is 0 Å². The van der Waals surface area contributed by atoms with Crippen molar-refractivity contribution in [1.82, 2.24) is 4.98 Å². The highest BCUT2D eigenvalue weighted by atomic mass is 16.3. The van der Waals surface area contributed by atoms with Crippen LogP contribution in [0.3, 0.4) is 0 Å². The molecule has 0 amide bonds. The molecule has 1 atom stereocenters. The molecule has 0 unspecified atom stereocenters. The molecule has 1 aromatic carbocycles. The van der Waals surface area contributed by atoms with Gasteiger partial charge >= 0.3 is 0 Å². The van der Waals surface area contributed by atoms with E-state index in [0.717, 1.165) is 24.3 Å².